The van der Waals surface area contributed by atoms with Gasteiger partial charge in [-0.15, -0.1) is 0 Å². The molecule has 3 N–H and O–H groups in total. The standard InChI is InChI=1S/C24H25N3O2/c1-17-6-2-3-7-19(17)16-26-21-8-4-5-9-22(21)27-24(28)18-10-11-23-20(14-18)15-25-12-13-29-23/h2-11,14,25-26H,12-13,15-16H2,1H3,(H,27,28). The smallest absolute Gasteiger partial charge is 0.255 e. The average molecular weight is 387 g/mol. The van der Waals surface area contributed by atoms with E-state index < -0.39 is 0 Å². The summed E-state index contributed by atoms with van der Waals surface area (Å²) in [6.07, 6.45) is 0. The Kier molecular flexibility index (Phi) is 5.77. The molecule has 5 nitrogen and oxygen atoms in total. The van der Waals surface area contributed by atoms with Crippen LogP contribution in [0.25, 0.3) is 0 Å². The number of nitrogens with one attached hydrogen (secondary N) is 3. The van der Waals surface area contributed by atoms with Crippen molar-refractivity contribution >= 4 is 17.3 Å². The highest BCUT2D eigenvalue weighted by Gasteiger charge is 2.14. The first kappa shape index (κ1) is 19.0. The van der Waals surface area contributed by atoms with Gasteiger partial charge in [0.25, 0.3) is 5.91 Å². The minimum atomic E-state index is -0.137. The number of hydrogen-bond acceptors (Lipinski definition) is 4. The summed E-state index contributed by atoms with van der Waals surface area (Å²) in [7, 11) is 0. The highest BCUT2D eigenvalue weighted by Crippen LogP contribution is 2.25. The molecule has 0 saturated carbocycles. The first-order chi connectivity index (χ1) is 14.2. The van der Waals surface area contributed by atoms with Crippen LogP contribution in [0.1, 0.15) is 27.0 Å². The number of benzene rings is 3. The fourth-order valence-corrected chi connectivity index (χ4v) is 3.40. The van der Waals surface area contributed by atoms with E-state index in [0.717, 1.165) is 29.2 Å². The molecular weight excluding hydrogens is 362 g/mol. The van der Waals surface area contributed by atoms with Crippen molar-refractivity contribution in [2.75, 3.05) is 23.8 Å². The number of fused-ring (bicyclic) bond motifs is 1. The normalized spacial score (nSPS) is 13.0. The molecule has 1 amide bonds. The zero-order chi connectivity index (χ0) is 20.1. The van der Waals surface area contributed by atoms with E-state index in [4.69, 9.17) is 4.74 Å². The third kappa shape index (κ3) is 4.58. The molecule has 3 aromatic rings. The van der Waals surface area contributed by atoms with Crippen LogP contribution in [0.2, 0.25) is 0 Å². The Hall–Kier alpha value is -3.31. The Labute approximate surface area is 171 Å². The van der Waals surface area contributed by atoms with Gasteiger partial charge in [0, 0.05) is 30.8 Å². The van der Waals surface area contributed by atoms with Crippen LogP contribution in [0, 0.1) is 6.92 Å². The van der Waals surface area contributed by atoms with E-state index in [1.54, 1.807) is 0 Å². The molecule has 1 aliphatic heterocycles. The lowest BCUT2D eigenvalue weighted by Gasteiger charge is -2.15. The highest BCUT2D eigenvalue weighted by molar-refractivity contribution is 6.06. The Morgan fingerprint density at radius 3 is 2.69 bits per heavy atom. The van der Waals surface area contributed by atoms with Crippen LogP contribution >= 0.6 is 0 Å². The molecule has 29 heavy (non-hydrogen) atoms. The van der Waals surface area contributed by atoms with Crippen LogP contribution < -0.4 is 20.7 Å². The molecule has 5 heteroatoms. The summed E-state index contributed by atoms with van der Waals surface area (Å²) >= 11 is 0. The van der Waals surface area contributed by atoms with Gasteiger partial charge in [0.15, 0.2) is 0 Å². The number of ether oxygens (including phenoxy) is 1. The van der Waals surface area contributed by atoms with Gasteiger partial charge >= 0.3 is 0 Å². The molecule has 0 fully saturated rings. The third-order valence-corrected chi connectivity index (χ3v) is 5.08. The minimum absolute atomic E-state index is 0.137. The van der Waals surface area contributed by atoms with Gasteiger partial charge in [0.05, 0.1) is 11.4 Å². The Morgan fingerprint density at radius 2 is 1.83 bits per heavy atom. The molecule has 0 radical (unpaired) electrons. The third-order valence-electron chi connectivity index (χ3n) is 5.08. The molecule has 0 atom stereocenters. The monoisotopic (exact) mass is 387 g/mol. The van der Waals surface area contributed by atoms with Crippen LogP contribution in [-0.4, -0.2) is 19.1 Å². The average Bonchev–Trinajstić information content (AvgIpc) is 2.99. The summed E-state index contributed by atoms with van der Waals surface area (Å²) in [5, 5.41) is 9.78. The maximum absolute atomic E-state index is 12.9. The number of carbonyl (C=O) groups is 1. The lowest BCUT2D eigenvalue weighted by molar-refractivity contribution is 0.102. The van der Waals surface area contributed by atoms with Gasteiger partial charge in [-0.1, -0.05) is 36.4 Å². The number of hydrogen-bond donors (Lipinski definition) is 3. The number of rotatable bonds is 5. The quantitative estimate of drug-likeness (QED) is 0.609. The molecule has 0 spiro atoms. The predicted molar refractivity (Wildman–Crippen MR) is 117 cm³/mol. The maximum atomic E-state index is 12.9. The molecule has 0 unspecified atom stereocenters. The number of amides is 1. The topological polar surface area (TPSA) is 62.4 Å². The second-order valence-electron chi connectivity index (χ2n) is 7.13. The first-order valence-electron chi connectivity index (χ1n) is 9.86. The van der Waals surface area contributed by atoms with Gasteiger partial charge in [0.2, 0.25) is 0 Å². The SMILES string of the molecule is Cc1ccccc1CNc1ccccc1NC(=O)c1ccc2c(c1)CNCCO2. The van der Waals surface area contributed by atoms with Crippen molar-refractivity contribution in [3.8, 4) is 5.75 Å². The van der Waals surface area contributed by atoms with Crippen molar-refractivity contribution in [2.45, 2.75) is 20.0 Å². The van der Waals surface area contributed by atoms with E-state index in [1.807, 2.05) is 54.6 Å². The van der Waals surface area contributed by atoms with Crippen molar-refractivity contribution in [1.29, 1.82) is 0 Å². The summed E-state index contributed by atoms with van der Waals surface area (Å²) in [4.78, 5) is 12.9. The zero-order valence-corrected chi connectivity index (χ0v) is 16.5. The van der Waals surface area contributed by atoms with Crippen molar-refractivity contribution in [2.24, 2.45) is 0 Å². The van der Waals surface area contributed by atoms with Gasteiger partial charge < -0.3 is 20.7 Å². The van der Waals surface area contributed by atoms with Crippen LogP contribution in [0.15, 0.2) is 66.7 Å². The molecule has 148 valence electrons. The van der Waals surface area contributed by atoms with Crippen LogP contribution in [0.5, 0.6) is 5.75 Å². The second-order valence-corrected chi connectivity index (χ2v) is 7.13. The van der Waals surface area contributed by atoms with Gasteiger partial charge in [-0.2, -0.15) is 0 Å². The van der Waals surface area contributed by atoms with E-state index in [1.165, 1.54) is 11.1 Å². The minimum Gasteiger partial charge on any atom is -0.492 e. The van der Waals surface area contributed by atoms with E-state index in [-0.39, 0.29) is 5.91 Å². The maximum Gasteiger partial charge on any atom is 0.255 e. The molecule has 0 aromatic heterocycles. The Balaban J connectivity index is 1.49. The predicted octanol–water partition coefficient (Wildman–Crippen LogP) is 4.34. The molecule has 0 aliphatic carbocycles. The molecule has 0 saturated heterocycles. The summed E-state index contributed by atoms with van der Waals surface area (Å²) in [6, 6.07) is 21.6. The van der Waals surface area contributed by atoms with Crippen LogP contribution in [0.3, 0.4) is 0 Å². The zero-order valence-electron chi connectivity index (χ0n) is 16.5. The van der Waals surface area contributed by atoms with Crippen molar-refractivity contribution in [1.82, 2.24) is 5.32 Å². The van der Waals surface area contributed by atoms with Crippen LogP contribution in [0.4, 0.5) is 11.4 Å². The van der Waals surface area contributed by atoms with Gasteiger partial charge in [-0.3, -0.25) is 4.79 Å². The van der Waals surface area contributed by atoms with Gasteiger partial charge in [-0.25, -0.2) is 0 Å². The summed E-state index contributed by atoms with van der Waals surface area (Å²) in [6.45, 7) is 4.93. The van der Waals surface area contributed by atoms with Crippen molar-refractivity contribution in [3.05, 3.63) is 89.0 Å². The fraction of sp³-hybridized carbons (Fsp3) is 0.208. The summed E-state index contributed by atoms with van der Waals surface area (Å²) in [5.41, 5.74) is 5.74. The molecule has 3 aromatic carbocycles. The Bertz CT molecular complexity index is 1020. The molecule has 4 rings (SSSR count). The Morgan fingerprint density at radius 1 is 1.03 bits per heavy atom. The summed E-state index contributed by atoms with van der Waals surface area (Å²) in [5.74, 6) is 0.703. The lowest BCUT2D eigenvalue weighted by Crippen LogP contribution is -2.16. The molecular formula is C24H25N3O2. The van der Waals surface area contributed by atoms with Crippen LogP contribution in [-0.2, 0) is 13.1 Å². The van der Waals surface area contributed by atoms with Crippen molar-refractivity contribution in [3.63, 3.8) is 0 Å². The van der Waals surface area contributed by atoms with E-state index in [2.05, 4.69) is 35.0 Å². The van der Waals surface area contributed by atoms with E-state index in [9.17, 15) is 4.79 Å². The lowest BCUT2D eigenvalue weighted by atomic mass is 10.1. The number of para-hydroxylation sites is 2. The van der Waals surface area contributed by atoms with Gasteiger partial charge in [0.1, 0.15) is 12.4 Å². The molecule has 1 aliphatic rings. The van der Waals surface area contributed by atoms with Crippen molar-refractivity contribution < 1.29 is 9.53 Å². The number of anilines is 2. The molecule has 0 bridgehead atoms. The highest BCUT2D eigenvalue weighted by atomic mass is 16.5. The number of aryl methyl sites for hydroxylation is 1. The van der Waals surface area contributed by atoms with Gasteiger partial charge in [-0.05, 0) is 48.4 Å². The number of carbonyl (C=O) groups excluding carboxylic acids is 1. The molecule has 1 heterocycles. The summed E-state index contributed by atoms with van der Waals surface area (Å²) < 4.78 is 5.70. The van der Waals surface area contributed by atoms with E-state index >= 15 is 0 Å². The largest absolute Gasteiger partial charge is 0.492 e. The fourth-order valence-electron chi connectivity index (χ4n) is 3.40. The first-order valence-corrected chi connectivity index (χ1v) is 9.86. The second kappa shape index (κ2) is 8.80. The van der Waals surface area contributed by atoms with E-state index in [0.29, 0.717) is 25.3 Å².